The minimum Gasteiger partial charge on any atom is -0.361 e. The van der Waals surface area contributed by atoms with Gasteiger partial charge in [-0.2, -0.15) is 5.26 Å². The van der Waals surface area contributed by atoms with Gasteiger partial charge in [0.1, 0.15) is 11.1 Å². The van der Waals surface area contributed by atoms with E-state index in [4.69, 9.17) is 0 Å². The number of fused-ring (bicyclic) bond motifs is 2. The molecule has 114 valence electrons. The van der Waals surface area contributed by atoms with E-state index in [0.717, 1.165) is 46.5 Å². The Labute approximate surface area is 138 Å². The second kappa shape index (κ2) is 5.65. The van der Waals surface area contributed by atoms with Gasteiger partial charge in [0.2, 0.25) is 0 Å². The molecule has 23 heavy (non-hydrogen) atoms. The Morgan fingerprint density at radius 2 is 2.26 bits per heavy atom. The fourth-order valence-corrected chi connectivity index (χ4v) is 4.27. The number of nitrogens with one attached hydrogen (secondary N) is 1. The highest BCUT2D eigenvalue weighted by Crippen LogP contribution is 2.38. The molecule has 0 aliphatic carbocycles. The van der Waals surface area contributed by atoms with Gasteiger partial charge in [-0.25, -0.2) is 4.99 Å². The van der Waals surface area contributed by atoms with Gasteiger partial charge >= 0.3 is 0 Å². The van der Waals surface area contributed by atoms with Gasteiger partial charge in [0.15, 0.2) is 0 Å². The van der Waals surface area contributed by atoms with Crippen LogP contribution in [0.2, 0.25) is 0 Å². The van der Waals surface area contributed by atoms with Crippen LogP contribution in [0.3, 0.4) is 0 Å². The van der Waals surface area contributed by atoms with Crippen molar-refractivity contribution in [3.8, 4) is 6.07 Å². The molecule has 1 aromatic carbocycles. The largest absolute Gasteiger partial charge is 0.361 e. The third-order valence-corrected chi connectivity index (χ3v) is 5.41. The lowest BCUT2D eigenvalue weighted by molar-refractivity contribution is 0.317. The summed E-state index contributed by atoms with van der Waals surface area (Å²) >= 11 is 1.65. The lowest BCUT2D eigenvalue weighted by Crippen LogP contribution is -2.25. The van der Waals surface area contributed by atoms with Crippen molar-refractivity contribution in [3.05, 3.63) is 52.0 Å². The average Bonchev–Trinajstić information content (AvgIpc) is 3.13. The number of aromatic amines is 1. The summed E-state index contributed by atoms with van der Waals surface area (Å²) in [5, 5.41) is 11.5. The van der Waals surface area contributed by atoms with Crippen molar-refractivity contribution < 1.29 is 0 Å². The van der Waals surface area contributed by atoms with Gasteiger partial charge in [0.25, 0.3) is 0 Å². The van der Waals surface area contributed by atoms with Crippen LogP contribution in [0.25, 0.3) is 10.9 Å². The molecule has 0 fully saturated rings. The van der Waals surface area contributed by atoms with Gasteiger partial charge in [0, 0.05) is 46.8 Å². The Hall–Kier alpha value is -2.42. The number of hydrogen-bond acceptors (Lipinski definition) is 4. The predicted molar refractivity (Wildman–Crippen MR) is 94.6 cm³/mol. The van der Waals surface area contributed by atoms with E-state index < -0.39 is 0 Å². The number of aliphatic imine (C=N–C) groups is 1. The number of hydrogen-bond donors (Lipinski definition) is 1. The second-order valence-corrected chi connectivity index (χ2v) is 6.91. The molecule has 0 unspecified atom stereocenters. The molecule has 1 aliphatic rings. The summed E-state index contributed by atoms with van der Waals surface area (Å²) in [6.07, 6.45) is 4.76. The molecule has 3 heterocycles. The average molecular weight is 320 g/mol. The van der Waals surface area contributed by atoms with Crippen LogP contribution >= 0.6 is 11.3 Å². The highest BCUT2D eigenvalue weighted by molar-refractivity contribution is 7.16. The van der Waals surface area contributed by atoms with Gasteiger partial charge in [-0.3, -0.25) is 0 Å². The van der Waals surface area contributed by atoms with Crippen molar-refractivity contribution in [1.29, 1.82) is 5.26 Å². The summed E-state index contributed by atoms with van der Waals surface area (Å²) in [5.41, 5.74) is 4.10. The first-order chi connectivity index (χ1) is 11.3. The summed E-state index contributed by atoms with van der Waals surface area (Å²) in [6.45, 7) is 1.92. The molecule has 0 amide bonds. The van der Waals surface area contributed by atoms with E-state index in [1.165, 1.54) is 10.4 Å². The van der Waals surface area contributed by atoms with Crippen molar-refractivity contribution in [3.63, 3.8) is 0 Å². The van der Waals surface area contributed by atoms with Gasteiger partial charge < -0.3 is 9.88 Å². The van der Waals surface area contributed by atoms with E-state index in [1.54, 1.807) is 11.3 Å². The van der Waals surface area contributed by atoms with Gasteiger partial charge in [0.05, 0.1) is 5.56 Å². The van der Waals surface area contributed by atoms with Crippen LogP contribution in [0.1, 0.15) is 21.6 Å². The zero-order valence-corrected chi connectivity index (χ0v) is 13.7. The highest BCUT2D eigenvalue weighted by Gasteiger charge is 2.22. The summed E-state index contributed by atoms with van der Waals surface area (Å²) in [6, 6.07) is 10.5. The Kier molecular flexibility index (Phi) is 3.49. The quantitative estimate of drug-likeness (QED) is 0.729. The molecule has 2 aromatic heterocycles. The highest BCUT2D eigenvalue weighted by atomic mass is 32.1. The van der Waals surface area contributed by atoms with Gasteiger partial charge in [-0.15, -0.1) is 11.3 Å². The number of H-pyrrole nitrogens is 1. The number of benzene rings is 1. The summed E-state index contributed by atoms with van der Waals surface area (Å²) in [4.78, 5) is 11.4. The standard InChI is InChI=1S/C18H16N4S/c1-22-7-6-14-15(8-19)18(23-17(14)11-22)21-10-12-9-20-16-5-3-2-4-13(12)16/h2-5,9-10,20H,6-7,11H2,1H3. The molecule has 0 atom stereocenters. The van der Waals surface area contributed by atoms with Crippen molar-refractivity contribution in [2.24, 2.45) is 4.99 Å². The monoisotopic (exact) mass is 320 g/mol. The van der Waals surface area contributed by atoms with E-state index in [2.05, 4.69) is 34.1 Å². The maximum atomic E-state index is 9.52. The van der Waals surface area contributed by atoms with Crippen molar-refractivity contribution in [1.82, 2.24) is 9.88 Å². The van der Waals surface area contributed by atoms with Crippen LogP contribution < -0.4 is 0 Å². The third-order valence-electron chi connectivity index (χ3n) is 4.28. The van der Waals surface area contributed by atoms with E-state index in [0.29, 0.717) is 0 Å². The van der Waals surface area contributed by atoms with Crippen LogP contribution in [0.15, 0.2) is 35.5 Å². The number of nitriles is 1. The Balaban J connectivity index is 1.73. The van der Waals surface area contributed by atoms with Crippen LogP contribution in [-0.4, -0.2) is 29.7 Å². The van der Waals surface area contributed by atoms with Crippen molar-refractivity contribution in [2.45, 2.75) is 13.0 Å². The molecule has 0 saturated heterocycles. The number of para-hydroxylation sites is 1. The van der Waals surface area contributed by atoms with Crippen LogP contribution in [0.5, 0.6) is 0 Å². The molecule has 1 N–H and O–H groups in total. The third kappa shape index (κ3) is 2.46. The van der Waals surface area contributed by atoms with Crippen molar-refractivity contribution >= 4 is 33.5 Å². The Morgan fingerprint density at radius 1 is 1.39 bits per heavy atom. The maximum absolute atomic E-state index is 9.52. The SMILES string of the molecule is CN1CCc2c(sc(N=Cc3c[nH]c4ccccc34)c2C#N)C1. The lowest BCUT2D eigenvalue weighted by Gasteiger charge is -2.21. The summed E-state index contributed by atoms with van der Waals surface area (Å²) < 4.78 is 0. The zero-order valence-electron chi connectivity index (χ0n) is 12.8. The first-order valence-corrected chi connectivity index (χ1v) is 8.41. The molecule has 4 rings (SSSR count). The van der Waals surface area contributed by atoms with Gasteiger partial charge in [-0.05, 0) is 25.1 Å². The molecule has 3 aromatic rings. The number of aromatic nitrogens is 1. The molecule has 5 heteroatoms. The zero-order chi connectivity index (χ0) is 15.8. The number of thiophene rings is 1. The molecule has 0 spiro atoms. The van der Waals surface area contributed by atoms with Gasteiger partial charge in [-0.1, -0.05) is 18.2 Å². The molecule has 4 nitrogen and oxygen atoms in total. The second-order valence-electron chi connectivity index (χ2n) is 5.83. The molecule has 0 radical (unpaired) electrons. The maximum Gasteiger partial charge on any atom is 0.134 e. The lowest BCUT2D eigenvalue weighted by atomic mass is 10.0. The Morgan fingerprint density at radius 3 is 3.13 bits per heavy atom. The van der Waals surface area contributed by atoms with Crippen LogP contribution in [0, 0.1) is 11.3 Å². The Bertz CT molecular complexity index is 942. The van der Waals surface area contributed by atoms with Crippen molar-refractivity contribution in [2.75, 3.05) is 13.6 Å². The topological polar surface area (TPSA) is 55.2 Å². The van der Waals surface area contributed by atoms with Crippen LogP contribution in [-0.2, 0) is 13.0 Å². The number of nitrogens with zero attached hydrogens (tertiary/aromatic N) is 3. The fraction of sp³-hybridized carbons (Fsp3) is 0.222. The molecular weight excluding hydrogens is 304 g/mol. The minimum absolute atomic E-state index is 0.759. The minimum atomic E-state index is 0.759. The van der Waals surface area contributed by atoms with E-state index >= 15 is 0 Å². The predicted octanol–water partition coefficient (Wildman–Crippen LogP) is 3.84. The van der Waals surface area contributed by atoms with E-state index in [9.17, 15) is 5.26 Å². The number of likely N-dealkylation sites (N-methyl/N-ethyl adjacent to an activating group) is 1. The first-order valence-electron chi connectivity index (χ1n) is 7.59. The van der Waals surface area contributed by atoms with E-state index in [1.807, 2.05) is 30.6 Å². The van der Waals surface area contributed by atoms with Crippen LogP contribution in [0.4, 0.5) is 5.00 Å². The molecule has 1 aliphatic heterocycles. The molecular formula is C18H16N4S. The first kappa shape index (κ1) is 14.2. The summed E-state index contributed by atoms with van der Waals surface area (Å²) in [5.74, 6) is 0. The fourth-order valence-electron chi connectivity index (χ4n) is 3.05. The summed E-state index contributed by atoms with van der Waals surface area (Å²) in [7, 11) is 2.11. The van der Waals surface area contributed by atoms with E-state index in [-0.39, 0.29) is 0 Å². The molecule has 0 saturated carbocycles. The normalized spacial score (nSPS) is 15.1. The smallest absolute Gasteiger partial charge is 0.134 e. The molecule has 0 bridgehead atoms. The number of rotatable bonds is 2.